The number of nitrogens with zero attached hydrogens (tertiary/aromatic N) is 2. The van der Waals surface area contributed by atoms with Gasteiger partial charge in [-0.05, 0) is 36.5 Å². The van der Waals surface area contributed by atoms with Gasteiger partial charge in [0.2, 0.25) is 5.88 Å². The number of aliphatic hydroxyl groups is 1. The topological polar surface area (TPSA) is 47.3 Å². The SMILES string of the molecule is COc1ncccc1Cn1ccc(C(O)C2CC2)c1. The third-order valence-electron chi connectivity index (χ3n) is 3.58. The molecular formula is C15H18N2O2. The number of hydrogen-bond acceptors (Lipinski definition) is 3. The second-order valence-electron chi connectivity index (χ2n) is 5.07. The van der Waals surface area contributed by atoms with E-state index in [0.29, 0.717) is 18.3 Å². The summed E-state index contributed by atoms with van der Waals surface area (Å²) in [4.78, 5) is 4.19. The first-order chi connectivity index (χ1) is 9.28. The van der Waals surface area contributed by atoms with Crippen molar-refractivity contribution >= 4 is 0 Å². The molecule has 1 aliphatic carbocycles. The maximum atomic E-state index is 10.1. The van der Waals surface area contributed by atoms with Crippen LogP contribution in [0.15, 0.2) is 36.8 Å². The molecule has 100 valence electrons. The summed E-state index contributed by atoms with van der Waals surface area (Å²) < 4.78 is 7.30. The van der Waals surface area contributed by atoms with Crippen molar-refractivity contribution in [2.45, 2.75) is 25.5 Å². The number of pyridine rings is 1. The number of aliphatic hydroxyl groups excluding tert-OH is 1. The van der Waals surface area contributed by atoms with Crippen LogP contribution in [0.25, 0.3) is 0 Å². The van der Waals surface area contributed by atoms with Gasteiger partial charge in [-0.2, -0.15) is 0 Å². The minimum Gasteiger partial charge on any atom is -0.481 e. The molecule has 0 aliphatic heterocycles. The largest absolute Gasteiger partial charge is 0.481 e. The summed E-state index contributed by atoms with van der Waals surface area (Å²) in [5, 5.41) is 10.1. The summed E-state index contributed by atoms with van der Waals surface area (Å²) in [6, 6.07) is 5.90. The van der Waals surface area contributed by atoms with Gasteiger partial charge in [-0.15, -0.1) is 0 Å². The van der Waals surface area contributed by atoms with E-state index in [2.05, 4.69) is 9.55 Å². The molecule has 1 saturated carbocycles. The highest BCUT2D eigenvalue weighted by atomic mass is 16.5. The van der Waals surface area contributed by atoms with E-state index in [9.17, 15) is 5.11 Å². The highest BCUT2D eigenvalue weighted by Crippen LogP contribution is 2.40. The maximum Gasteiger partial charge on any atom is 0.218 e. The van der Waals surface area contributed by atoms with Gasteiger partial charge in [0, 0.05) is 24.2 Å². The molecular weight excluding hydrogens is 240 g/mol. The Morgan fingerprint density at radius 2 is 2.32 bits per heavy atom. The normalized spacial score (nSPS) is 16.3. The molecule has 1 atom stereocenters. The molecule has 0 bridgehead atoms. The average molecular weight is 258 g/mol. The number of aromatic nitrogens is 2. The molecule has 4 nitrogen and oxygen atoms in total. The predicted octanol–water partition coefficient (Wildman–Crippen LogP) is 2.38. The first-order valence-electron chi connectivity index (χ1n) is 6.59. The van der Waals surface area contributed by atoms with E-state index >= 15 is 0 Å². The van der Waals surface area contributed by atoms with E-state index in [-0.39, 0.29) is 6.10 Å². The minimum atomic E-state index is -0.308. The summed E-state index contributed by atoms with van der Waals surface area (Å²) in [5.74, 6) is 1.12. The molecule has 19 heavy (non-hydrogen) atoms. The molecule has 3 rings (SSSR count). The van der Waals surface area contributed by atoms with Crippen molar-refractivity contribution in [1.82, 2.24) is 9.55 Å². The van der Waals surface area contributed by atoms with Gasteiger partial charge in [-0.3, -0.25) is 0 Å². The van der Waals surface area contributed by atoms with Crippen LogP contribution in [0.5, 0.6) is 5.88 Å². The lowest BCUT2D eigenvalue weighted by molar-refractivity contribution is 0.154. The van der Waals surface area contributed by atoms with Gasteiger partial charge in [-0.25, -0.2) is 4.98 Å². The molecule has 0 aromatic carbocycles. The Bertz CT molecular complexity index is 561. The van der Waals surface area contributed by atoms with Crippen molar-refractivity contribution in [2.75, 3.05) is 7.11 Å². The van der Waals surface area contributed by atoms with Gasteiger partial charge in [0.05, 0.1) is 19.8 Å². The second kappa shape index (κ2) is 5.05. The van der Waals surface area contributed by atoms with Crippen LogP contribution in [-0.4, -0.2) is 21.8 Å². The first kappa shape index (κ1) is 12.2. The molecule has 0 radical (unpaired) electrons. The lowest BCUT2D eigenvalue weighted by atomic mass is 10.1. The molecule has 2 heterocycles. The summed E-state index contributed by atoms with van der Waals surface area (Å²) in [7, 11) is 1.63. The van der Waals surface area contributed by atoms with Gasteiger partial charge in [0.1, 0.15) is 0 Å². The third-order valence-corrected chi connectivity index (χ3v) is 3.58. The van der Waals surface area contributed by atoms with Crippen molar-refractivity contribution in [2.24, 2.45) is 5.92 Å². The molecule has 1 fully saturated rings. The summed E-state index contributed by atoms with van der Waals surface area (Å²) in [5.41, 5.74) is 2.04. The van der Waals surface area contributed by atoms with Crippen molar-refractivity contribution in [3.8, 4) is 5.88 Å². The molecule has 1 N–H and O–H groups in total. The highest BCUT2D eigenvalue weighted by molar-refractivity contribution is 5.26. The Kier molecular flexibility index (Phi) is 3.25. The van der Waals surface area contributed by atoms with Crippen LogP contribution in [-0.2, 0) is 6.54 Å². The van der Waals surface area contributed by atoms with E-state index in [1.54, 1.807) is 13.3 Å². The van der Waals surface area contributed by atoms with Crippen LogP contribution in [0.1, 0.15) is 30.1 Å². The van der Waals surface area contributed by atoms with Crippen LogP contribution in [0.3, 0.4) is 0 Å². The van der Waals surface area contributed by atoms with E-state index in [1.165, 1.54) is 0 Å². The summed E-state index contributed by atoms with van der Waals surface area (Å²) in [6.07, 6.45) is 7.70. The van der Waals surface area contributed by atoms with E-state index in [0.717, 1.165) is 24.0 Å². The third kappa shape index (κ3) is 2.63. The maximum absolute atomic E-state index is 10.1. The first-order valence-corrected chi connectivity index (χ1v) is 6.59. The van der Waals surface area contributed by atoms with Crippen LogP contribution >= 0.6 is 0 Å². The van der Waals surface area contributed by atoms with Crippen LogP contribution < -0.4 is 4.74 Å². The Hall–Kier alpha value is -1.81. The Balaban J connectivity index is 1.76. The van der Waals surface area contributed by atoms with E-state index < -0.39 is 0 Å². The quantitative estimate of drug-likeness (QED) is 0.895. The van der Waals surface area contributed by atoms with Gasteiger partial charge in [0.25, 0.3) is 0 Å². The fraction of sp³-hybridized carbons (Fsp3) is 0.400. The van der Waals surface area contributed by atoms with Crippen molar-refractivity contribution in [3.63, 3.8) is 0 Å². The highest BCUT2D eigenvalue weighted by Gasteiger charge is 2.31. The fourth-order valence-corrected chi connectivity index (χ4v) is 2.34. The lowest BCUT2D eigenvalue weighted by Gasteiger charge is -2.08. The molecule has 0 spiro atoms. The molecule has 2 aromatic rings. The Morgan fingerprint density at radius 1 is 1.47 bits per heavy atom. The summed E-state index contributed by atoms with van der Waals surface area (Å²) in [6.45, 7) is 0.703. The zero-order chi connectivity index (χ0) is 13.2. The molecule has 0 amide bonds. The molecule has 1 unspecified atom stereocenters. The second-order valence-corrected chi connectivity index (χ2v) is 5.07. The van der Waals surface area contributed by atoms with Gasteiger partial charge >= 0.3 is 0 Å². The predicted molar refractivity (Wildman–Crippen MR) is 72.0 cm³/mol. The van der Waals surface area contributed by atoms with Crippen molar-refractivity contribution < 1.29 is 9.84 Å². The van der Waals surface area contributed by atoms with E-state index in [4.69, 9.17) is 4.74 Å². The van der Waals surface area contributed by atoms with E-state index in [1.807, 2.05) is 30.6 Å². The van der Waals surface area contributed by atoms with Crippen LogP contribution in [0, 0.1) is 5.92 Å². The Labute approximate surface area is 112 Å². The Morgan fingerprint density at radius 3 is 3.05 bits per heavy atom. The van der Waals surface area contributed by atoms with Crippen LogP contribution in [0.2, 0.25) is 0 Å². The average Bonchev–Trinajstić information content (AvgIpc) is 3.19. The van der Waals surface area contributed by atoms with Crippen molar-refractivity contribution in [3.05, 3.63) is 47.9 Å². The zero-order valence-corrected chi connectivity index (χ0v) is 11.0. The number of rotatable bonds is 5. The van der Waals surface area contributed by atoms with Crippen LogP contribution in [0.4, 0.5) is 0 Å². The molecule has 1 aliphatic rings. The summed E-state index contributed by atoms with van der Waals surface area (Å²) >= 11 is 0. The van der Waals surface area contributed by atoms with Gasteiger partial charge in [0.15, 0.2) is 0 Å². The lowest BCUT2D eigenvalue weighted by Crippen LogP contribution is -2.02. The monoisotopic (exact) mass is 258 g/mol. The number of hydrogen-bond donors (Lipinski definition) is 1. The number of ether oxygens (including phenoxy) is 1. The van der Waals surface area contributed by atoms with Gasteiger partial charge < -0.3 is 14.4 Å². The zero-order valence-electron chi connectivity index (χ0n) is 11.0. The standard InChI is InChI=1S/C15H18N2O2/c1-19-15-13(3-2-7-16-15)10-17-8-6-12(9-17)14(18)11-4-5-11/h2-3,6-9,11,14,18H,4-5,10H2,1H3. The minimum absolute atomic E-state index is 0.308. The molecule has 0 saturated heterocycles. The fourth-order valence-electron chi connectivity index (χ4n) is 2.34. The molecule has 4 heteroatoms. The smallest absolute Gasteiger partial charge is 0.218 e. The van der Waals surface area contributed by atoms with Crippen molar-refractivity contribution in [1.29, 1.82) is 0 Å². The van der Waals surface area contributed by atoms with Gasteiger partial charge in [-0.1, -0.05) is 6.07 Å². The molecule has 2 aromatic heterocycles. The number of methoxy groups -OCH3 is 1.